The lowest BCUT2D eigenvalue weighted by Gasteiger charge is -2.12. The molecule has 0 aliphatic carbocycles. The number of hydrogen-bond donors (Lipinski definition) is 1. The summed E-state index contributed by atoms with van der Waals surface area (Å²) < 4.78 is 40.1. The van der Waals surface area contributed by atoms with E-state index >= 15 is 0 Å². The number of sulfonamides is 1. The van der Waals surface area contributed by atoms with E-state index in [1.165, 1.54) is 20.3 Å². The van der Waals surface area contributed by atoms with Gasteiger partial charge in [-0.15, -0.1) is 0 Å². The van der Waals surface area contributed by atoms with Crippen LogP contribution in [0.3, 0.4) is 0 Å². The predicted octanol–water partition coefficient (Wildman–Crippen LogP) is 2.64. The molecule has 0 spiro atoms. The van der Waals surface area contributed by atoms with E-state index in [1.807, 2.05) is 41.1 Å². The van der Waals surface area contributed by atoms with Crippen LogP contribution in [0.4, 0.5) is 0 Å². The first-order valence-electron chi connectivity index (χ1n) is 7.81. The molecule has 25 heavy (non-hydrogen) atoms. The second kappa shape index (κ2) is 7.16. The maximum Gasteiger partial charge on any atom is 0.244 e. The Morgan fingerprint density at radius 2 is 1.84 bits per heavy atom. The van der Waals surface area contributed by atoms with Gasteiger partial charge in [0.2, 0.25) is 10.0 Å². The molecule has 0 bridgehead atoms. The smallest absolute Gasteiger partial charge is 0.244 e. The maximum absolute atomic E-state index is 12.6. The highest BCUT2D eigenvalue weighted by atomic mass is 32.2. The summed E-state index contributed by atoms with van der Waals surface area (Å²) in [4.78, 5) is 0.0618. The van der Waals surface area contributed by atoms with Crippen molar-refractivity contribution in [2.75, 3.05) is 20.8 Å². The van der Waals surface area contributed by atoms with Crippen molar-refractivity contribution < 1.29 is 17.9 Å². The molecule has 0 saturated carbocycles. The molecule has 0 amide bonds. The lowest BCUT2D eigenvalue weighted by molar-refractivity contribution is 0.392. The number of aromatic nitrogens is 1. The summed E-state index contributed by atoms with van der Waals surface area (Å²) >= 11 is 0. The van der Waals surface area contributed by atoms with Crippen molar-refractivity contribution in [1.82, 2.24) is 9.29 Å². The number of para-hydroxylation sites is 1. The van der Waals surface area contributed by atoms with Crippen LogP contribution in [0.15, 0.2) is 59.6 Å². The third-order valence-corrected chi connectivity index (χ3v) is 5.47. The van der Waals surface area contributed by atoms with Crippen LogP contribution >= 0.6 is 0 Å². The normalized spacial score (nSPS) is 11.6. The molecule has 1 N–H and O–H groups in total. The van der Waals surface area contributed by atoms with Crippen LogP contribution in [0, 0.1) is 0 Å². The summed E-state index contributed by atoms with van der Waals surface area (Å²) in [7, 11) is -0.784. The molecule has 6 nitrogen and oxygen atoms in total. The van der Waals surface area contributed by atoms with E-state index in [1.54, 1.807) is 12.1 Å². The number of nitrogens with one attached hydrogen (secondary N) is 1. The quantitative estimate of drug-likeness (QED) is 0.703. The minimum Gasteiger partial charge on any atom is -0.497 e. The summed E-state index contributed by atoms with van der Waals surface area (Å²) in [5, 5.41) is 1.12. The Morgan fingerprint density at radius 3 is 2.60 bits per heavy atom. The van der Waals surface area contributed by atoms with E-state index in [4.69, 9.17) is 9.47 Å². The molecular formula is C18H20N2O4S. The molecule has 0 atom stereocenters. The van der Waals surface area contributed by atoms with Crippen molar-refractivity contribution in [1.29, 1.82) is 0 Å². The number of ether oxygens (including phenoxy) is 2. The monoisotopic (exact) mass is 360 g/mol. The van der Waals surface area contributed by atoms with Crippen LogP contribution in [0.5, 0.6) is 11.5 Å². The zero-order chi connectivity index (χ0) is 17.9. The van der Waals surface area contributed by atoms with E-state index in [0.29, 0.717) is 12.3 Å². The Hall–Kier alpha value is -2.51. The average molecular weight is 360 g/mol. The van der Waals surface area contributed by atoms with E-state index < -0.39 is 10.0 Å². The van der Waals surface area contributed by atoms with Crippen LogP contribution in [0.2, 0.25) is 0 Å². The highest BCUT2D eigenvalue weighted by Crippen LogP contribution is 2.27. The van der Waals surface area contributed by atoms with Crippen LogP contribution in [0.25, 0.3) is 10.9 Å². The molecule has 3 aromatic rings. The van der Waals surface area contributed by atoms with Gasteiger partial charge in [-0.3, -0.25) is 0 Å². The van der Waals surface area contributed by atoms with Crippen molar-refractivity contribution in [3.05, 3.63) is 54.7 Å². The highest BCUT2D eigenvalue weighted by Gasteiger charge is 2.20. The van der Waals surface area contributed by atoms with Crippen molar-refractivity contribution >= 4 is 20.9 Å². The van der Waals surface area contributed by atoms with Gasteiger partial charge >= 0.3 is 0 Å². The van der Waals surface area contributed by atoms with Crippen molar-refractivity contribution in [2.45, 2.75) is 11.4 Å². The molecule has 0 aliphatic heterocycles. The fraction of sp³-hybridized carbons (Fsp3) is 0.222. The molecule has 132 valence electrons. The summed E-state index contributed by atoms with van der Waals surface area (Å²) in [5.74, 6) is 0.734. The molecular weight excluding hydrogens is 340 g/mol. The van der Waals surface area contributed by atoms with Gasteiger partial charge in [0.05, 0.1) is 14.2 Å². The topological polar surface area (TPSA) is 69.6 Å². The van der Waals surface area contributed by atoms with E-state index in [0.717, 1.165) is 10.9 Å². The Morgan fingerprint density at radius 1 is 1.04 bits per heavy atom. The van der Waals surface area contributed by atoms with Gasteiger partial charge in [0, 0.05) is 30.9 Å². The van der Waals surface area contributed by atoms with Crippen molar-refractivity contribution in [3.63, 3.8) is 0 Å². The fourth-order valence-corrected chi connectivity index (χ4v) is 3.91. The Labute approximate surface area is 147 Å². The van der Waals surface area contributed by atoms with Gasteiger partial charge in [0.1, 0.15) is 16.4 Å². The molecule has 1 aromatic heterocycles. The molecule has 7 heteroatoms. The summed E-state index contributed by atoms with van der Waals surface area (Å²) in [6.45, 7) is 0.792. The number of benzene rings is 2. The third-order valence-electron chi connectivity index (χ3n) is 3.99. The van der Waals surface area contributed by atoms with Crippen LogP contribution in [0.1, 0.15) is 0 Å². The van der Waals surface area contributed by atoms with Crippen LogP contribution in [-0.4, -0.2) is 33.7 Å². The minimum absolute atomic E-state index is 0.0618. The van der Waals surface area contributed by atoms with Gasteiger partial charge in [-0.2, -0.15) is 0 Å². The predicted molar refractivity (Wildman–Crippen MR) is 96.7 cm³/mol. The maximum atomic E-state index is 12.6. The molecule has 0 unspecified atom stereocenters. The first kappa shape index (κ1) is 17.3. The SMILES string of the molecule is COc1ccc(OC)c(S(=O)(=O)NCCn2ccc3ccccc32)c1. The van der Waals surface area contributed by atoms with Gasteiger partial charge in [-0.1, -0.05) is 18.2 Å². The Balaban J connectivity index is 1.76. The van der Waals surface area contributed by atoms with E-state index in [-0.39, 0.29) is 17.2 Å². The number of hydrogen-bond acceptors (Lipinski definition) is 4. The molecule has 3 rings (SSSR count). The molecule has 0 saturated heterocycles. The van der Waals surface area contributed by atoms with Gasteiger partial charge in [0.15, 0.2) is 0 Å². The van der Waals surface area contributed by atoms with Gasteiger partial charge < -0.3 is 14.0 Å². The average Bonchev–Trinajstić information content (AvgIpc) is 3.04. The number of nitrogens with zero attached hydrogens (tertiary/aromatic N) is 1. The third kappa shape index (κ3) is 3.62. The standard InChI is InChI=1S/C18H20N2O4S/c1-23-15-7-8-17(24-2)18(13-15)25(21,22)19-10-12-20-11-9-14-5-3-4-6-16(14)20/h3-9,11,13,19H,10,12H2,1-2H3. The molecule has 1 heterocycles. The molecule has 0 fully saturated rings. The van der Waals surface area contributed by atoms with E-state index in [9.17, 15) is 8.42 Å². The molecule has 0 aliphatic rings. The zero-order valence-corrected chi connectivity index (χ0v) is 14.9. The Bertz CT molecular complexity index is 980. The van der Waals surface area contributed by atoms with Gasteiger partial charge in [-0.05, 0) is 29.7 Å². The lowest BCUT2D eigenvalue weighted by atomic mass is 10.2. The second-order valence-corrected chi connectivity index (χ2v) is 7.22. The second-order valence-electron chi connectivity index (χ2n) is 5.48. The first-order chi connectivity index (χ1) is 12.0. The minimum atomic E-state index is -3.71. The summed E-state index contributed by atoms with van der Waals surface area (Å²) in [5.41, 5.74) is 1.07. The van der Waals surface area contributed by atoms with E-state index in [2.05, 4.69) is 4.72 Å². The fourth-order valence-electron chi connectivity index (χ4n) is 2.71. The number of methoxy groups -OCH3 is 2. The highest BCUT2D eigenvalue weighted by molar-refractivity contribution is 7.89. The molecule has 0 radical (unpaired) electrons. The lowest BCUT2D eigenvalue weighted by Crippen LogP contribution is -2.27. The van der Waals surface area contributed by atoms with Crippen LogP contribution < -0.4 is 14.2 Å². The van der Waals surface area contributed by atoms with Gasteiger partial charge in [0.25, 0.3) is 0 Å². The first-order valence-corrected chi connectivity index (χ1v) is 9.29. The van der Waals surface area contributed by atoms with Crippen molar-refractivity contribution in [3.8, 4) is 11.5 Å². The zero-order valence-electron chi connectivity index (χ0n) is 14.1. The number of rotatable bonds is 7. The largest absolute Gasteiger partial charge is 0.497 e. The van der Waals surface area contributed by atoms with Crippen molar-refractivity contribution in [2.24, 2.45) is 0 Å². The number of fused-ring (bicyclic) bond motifs is 1. The van der Waals surface area contributed by atoms with Gasteiger partial charge in [-0.25, -0.2) is 13.1 Å². The summed E-state index contributed by atoms with van der Waals surface area (Å²) in [6.07, 6.45) is 1.95. The molecule has 2 aromatic carbocycles. The van der Waals surface area contributed by atoms with Crippen LogP contribution in [-0.2, 0) is 16.6 Å². The summed E-state index contributed by atoms with van der Waals surface area (Å²) in [6, 6.07) is 14.7. The Kier molecular flexibility index (Phi) is 4.96.